The number of nitrogens with one attached hydrogen (secondary N) is 1. The van der Waals surface area contributed by atoms with Crippen molar-refractivity contribution >= 4 is 23.4 Å². The van der Waals surface area contributed by atoms with E-state index in [1.54, 1.807) is 6.07 Å². The van der Waals surface area contributed by atoms with Crippen LogP contribution in [0.4, 0.5) is 5.69 Å². The van der Waals surface area contributed by atoms with Crippen LogP contribution >= 0.6 is 11.8 Å². The van der Waals surface area contributed by atoms with E-state index in [1.807, 2.05) is 19.1 Å². The minimum atomic E-state index is -0.784. The van der Waals surface area contributed by atoms with Crippen LogP contribution in [0.5, 0.6) is 5.75 Å². The molecule has 0 atom stereocenters. The maximum Gasteiger partial charge on any atom is 0.304 e. The minimum absolute atomic E-state index is 0.128. The number of nitrogen functional groups attached to an aromatic ring is 1. The number of nitrogens with two attached hydrogens (primary N) is 1. The van der Waals surface area contributed by atoms with E-state index in [2.05, 4.69) is 5.32 Å². The molecular weight excluding hydrogens is 264 g/mol. The van der Waals surface area contributed by atoms with Crippen molar-refractivity contribution in [2.45, 2.75) is 23.0 Å². The maximum absolute atomic E-state index is 11.0. The summed E-state index contributed by atoms with van der Waals surface area (Å²) in [6.07, 6.45) is 0.128. The number of ether oxygens (including phenoxy) is 1. The van der Waals surface area contributed by atoms with Crippen LogP contribution in [-0.4, -0.2) is 35.5 Å². The van der Waals surface area contributed by atoms with Crippen molar-refractivity contribution in [2.75, 3.05) is 25.4 Å². The van der Waals surface area contributed by atoms with Crippen molar-refractivity contribution < 1.29 is 14.6 Å². The zero-order chi connectivity index (χ0) is 13.9. The number of benzene rings is 1. The fraction of sp³-hybridized carbons (Fsp3) is 0.462. The zero-order valence-corrected chi connectivity index (χ0v) is 11.6. The standard InChI is InChI=1S/C13H18N2O3S/c1-2-18-9-3-4-10(14)11(5-9)19-13(6-12(16)17)7-15-8-13/h3-5,15H,2,6-8,14H2,1H3,(H,16,17). The summed E-state index contributed by atoms with van der Waals surface area (Å²) in [4.78, 5) is 11.8. The van der Waals surface area contributed by atoms with Gasteiger partial charge in [-0.3, -0.25) is 4.79 Å². The van der Waals surface area contributed by atoms with Crippen LogP contribution < -0.4 is 15.8 Å². The molecule has 1 aromatic carbocycles. The Kier molecular flexibility index (Phi) is 4.21. The van der Waals surface area contributed by atoms with Crippen LogP contribution in [-0.2, 0) is 4.79 Å². The van der Waals surface area contributed by atoms with Crippen molar-refractivity contribution in [3.8, 4) is 5.75 Å². The largest absolute Gasteiger partial charge is 0.494 e. The third kappa shape index (κ3) is 3.33. The number of thioether (sulfide) groups is 1. The summed E-state index contributed by atoms with van der Waals surface area (Å²) in [6.45, 7) is 3.88. The zero-order valence-electron chi connectivity index (χ0n) is 10.8. The highest BCUT2D eigenvalue weighted by Gasteiger charge is 2.40. The number of carboxylic acids is 1. The first-order chi connectivity index (χ1) is 9.04. The maximum atomic E-state index is 11.0. The highest BCUT2D eigenvalue weighted by molar-refractivity contribution is 8.01. The highest BCUT2D eigenvalue weighted by atomic mass is 32.2. The normalized spacial score (nSPS) is 16.7. The molecule has 1 aliphatic rings. The summed E-state index contributed by atoms with van der Waals surface area (Å²) in [6, 6.07) is 5.51. The van der Waals surface area contributed by atoms with Gasteiger partial charge in [0.05, 0.1) is 17.8 Å². The molecule has 1 aliphatic heterocycles. The molecule has 0 aromatic heterocycles. The van der Waals surface area contributed by atoms with E-state index in [1.165, 1.54) is 11.8 Å². The Balaban J connectivity index is 2.16. The molecule has 5 nitrogen and oxygen atoms in total. The summed E-state index contributed by atoms with van der Waals surface area (Å²) in [7, 11) is 0. The molecule has 0 aliphatic carbocycles. The lowest BCUT2D eigenvalue weighted by molar-refractivity contribution is -0.138. The minimum Gasteiger partial charge on any atom is -0.494 e. The third-order valence-corrected chi connectivity index (χ3v) is 4.43. The van der Waals surface area contributed by atoms with Crippen LogP contribution in [0.25, 0.3) is 0 Å². The van der Waals surface area contributed by atoms with E-state index in [9.17, 15) is 4.79 Å². The van der Waals surface area contributed by atoms with Gasteiger partial charge < -0.3 is 20.9 Å². The fourth-order valence-corrected chi connectivity index (χ4v) is 3.38. The monoisotopic (exact) mass is 282 g/mol. The fourth-order valence-electron chi connectivity index (χ4n) is 2.01. The Morgan fingerprint density at radius 1 is 1.58 bits per heavy atom. The Bertz CT molecular complexity index is 475. The van der Waals surface area contributed by atoms with E-state index in [-0.39, 0.29) is 11.2 Å². The molecule has 1 fully saturated rings. The summed E-state index contributed by atoms with van der Waals surface area (Å²) in [5.41, 5.74) is 6.62. The van der Waals surface area contributed by atoms with E-state index >= 15 is 0 Å². The van der Waals surface area contributed by atoms with Crippen LogP contribution in [0.15, 0.2) is 23.1 Å². The van der Waals surface area contributed by atoms with Gasteiger partial charge in [-0.05, 0) is 25.1 Å². The van der Waals surface area contributed by atoms with Crippen LogP contribution in [0, 0.1) is 0 Å². The van der Waals surface area contributed by atoms with Crippen LogP contribution in [0.3, 0.4) is 0 Å². The first kappa shape index (κ1) is 14.0. The van der Waals surface area contributed by atoms with Gasteiger partial charge in [0.15, 0.2) is 0 Å². The first-order valence-corrected chi connectivity index (χ1v) is 7.00. The molecule has 1 saturated heterocycles. The van der Waals surface area contributed by atoms with Gasteiger partial charge in [-0.2, -0.15) is 0 Å². The molecule has 0 saturated carbocycles. The van der Waals surface area contributed by atoms with Gasteiger partial charge in [0.1, 0.15) is 5.75 Å². The Hall–Kier alpha value is -1.40. The molecule has 104 valence electrons. The molecule has 0 bridgehead atoms. The average molecular weight is 282 g/mol. The Morgan fingerprint density at radius 3 is 2.84 bits per heavy atom. The van der Waals surface area contributed by atoms with Crippen LogP contribution in [0.1, 0.15) is 13.3 Å². The molecular formula is C13H18N2O3S. The van der Waals surface area contributed by atoms with Gasteiger partial charge >= 0.3 is 5.97 Å². The molecule has 6 heteroatoms. The van der Waals surface area contributed by atoms with E-state index in [0.717, 1.165) is 10.6 Å². The van der Waals surface area contributed by atoms with Gasteiger partial charge in [0, 0.05) is 23.7 Å². The van der Waals surface area contributed by atoms with Gasteiger partial charge in [-0.25, -0.2) is 0 Å². The number of rotatable bonds is 6. The van der Waals surface area contributed by atoms with Crippen molar-refractivity contribution in [2.24, 2.45) is 0 Å². The van der Waals surface area contributed by atoms with E-state index < -0.39 is 5.97 Å². The second-order valence-electron chi connectivity index (χ2n) is 4.59. The Labute approximate surface area is 116 Å². The SMILES string of the molecule is CCOc1ccc(N)c(SC2(CC(=O)O)CNC2)c1. The lowest BCUT2D eigenvalue weighted by Gasteiger charge is -2.41. The van der Waals surface area contributed by atoms with Crippen molar-refractivity contribution in [3.63, 3.8) is 0 Å². The van der Waals surface area contributed by atoms with Crippen molar-refractivity contribution in [1.82, 2.24) is 5.32 Å². The lowest BCUT2D eigenvalue weighted by atomic mass is 9.98. The molecule has 0 radical (unpaired) electrons. The summed E-state index contributed by atoms with van der Waals surface area (Å²) in [5, 5.41) is 12.1. The van der Waals surface area contributed by atoms with Gasteiger partial charge in [0.25, 0.3) is 0 Å². The second-order valence-corrected chi connectivity index (χ2v) is 6.10. The second kappa shape index (κ2) is 5.71. The molecule has 1 heterocycles. The van der Waals surface area contributed by atoms with Crippen molar-refractivity contribution in [1.29, 1.82) is 0 Å². The van der Waals surface area contributed by atoms with Crippen LogP contribution in [0.2, 0.25) is 0 Å². The summed E-state index contributed by atoms with van der Waals surface area (Å²) < 4.78 is 5.15. The number of carbonyl (C=O) groups is 1. The van der Waals surface area contributed by atoms with Gasteiger partial charge in [-0.15, -0.1) is 11.8 Å². The molecule has 0 amide bonds. The smallest absolute Gasteiger partial charge is 0.304 e. The van der Waals surface area contributed by atoms with E-state index in [4.69, 9.17) is 15.6 Å². The molecule has 0 spiro atoms. The van der Waals surface area contributed by atoms with Crippen molar-refractivity contribution in [3.05, 3.63) is 18.2 Å². The third-order valence-electron chi connectivity index (χ3n) is 2.99. The molecule has 0 unspecified atom stereocenters. The van der Waals surface area contributed by atoms with Gasteiger partial charge in [0.2, 0.25) is 0 Å². The van der Waals surface area contributed by atoms with E-state index in [0.29, 0.717) is 25.4 Å². The summed E-state index contributed by atoms with van der Waals surface area (Å²) in [5.74, 6) is -0.0227. The number of hydrogen-bond acceptors (Lipinski definition) is 5. The molecule has 4 N–H and O–H groups in total. The lowest BCUT2D eigenvalue weighted by Crippen LogP contribution is -2.57. The van der Waals surface area contributed by atoms with Gasteiger partial charge in [-0.1, -0.05) is 0 Å². The number of aliphatic carboxylic acids is 1. The molecule has 2 rings (SSSR count). The molecule has 1 aromatic rings. The highest BCUT2D eigenvalue weighted by Crippen LogP contribution is 2.42. The number of carboxylic acid groups (broad SMARTS) is 1. The average Bonchev–Trinajstić information content (AvgIpc) is 2.30. The number of hydrogen-bond donors (Lipinski definition) is 3. The molecule has 19 heavy (non-hydrogen) atoms. The summed E-state index contributed by atoms with van der Waals surface area (Å²) >= 11 is 1.52. The Morgan fingerprint density at radius 2 is 2.32 bits per heavy atom. The topological polar surface area (TPSA) is 84.6 Å². The first-order valence-electron chi connectivity index (χ1n) is 6.18. The number of anilines is 1. The predicted molar refractivity (Wildman–Crippen MR) is 75.7 cm³/mol. The predicted octanol–water partition coefficient (Wildman–Crippen LogP) is 1.58. The quantitative estimate of drug-likeness (QED) is 0.687.